The molecule has 3 aromatic rings. The van der Waals surface area contributed by atoms with Gasteiger partial charge in [0.25, 0.3) is 5.91 Å². The molecule has 11 nitrogen and oxygen atoms in total. The number of anilines is 1. The molecule has 0 spiro atoms. The van der Waals surface area contributed by atoms with Gasteiger partial charge in [-0.05, 0) is 110 Å². The second-order valence-electron chi connectivity index (χ2n) is 20.0. The first kappa shape index (κ1) is 45.5. The fourth-order valence-corrected chi connectivity index (χ4v) is 10.3. The highest BCUT2D eigenvalue weighted by Gasteiger charge is 2.57. The highest BCUT2D eigenvalue weighted by Crippen LogP contribution is 2.61. The number of hydrogen-bond donors (Lipinski definition) is 4. The van der Waals surface area contributed by atoms with Gasteiger partial charge in [-0.3, -0.25) is 14.4 Å². The van der Waals surface area contributed by atoms with Crippen molar-refractivity contribution >= 4 is 17.5 Å². The van der Waals surface area contributed by atoms with Crippen molar-refractivity contribution in [2.45, 2.75) is 110 Å². The van der Waals surface area contributed by atoms with E-state index in [9.17, 15) is 19.8 Å². The first-order valence-electron chi connectivity index (χ1n) is 21.8. The molecule has 4 N–H and O–H groups in total. The molecule has 0 unspecified atom stereocenters. The number of carbonyl (C=O) groups excluding carboxylic acids is 2. The molecule has 3 aromatic carbocycles. The number of aliphatic hydroxyl groups is 2. The summed E-state index contributed by atoms with van der Waals surface area (Å²) < 4.78 is 6.28. The molecule has 0 radical (unpaired) electrons. The Kier molecular flexibility index (Phi) is 13.8. The van der Waals surface area contributed by atoms with Crippen LogP contribution >= 0.6 is 0 Å². The van der Waals surface area contributed by atoms with Crippen molar-refractivity contribution in [3.63, 3.8) is 0 Å². The molecule has 2 bridgehead atoms. The Balaban J connectivity index is 1.37. The van der Waals surface area contributed by atoms with Crippen LogP contribution in [-0.4, -0.2) is 111 Å². The monoisotopic (exact) mass is 826 g/mol. The lowest BCUT2D eigenvalue weighted by atomic mass is 9.45. The number of fused-ring (bicyclic) bond motifs is 2. The summed E-state index contributed by atoms with van der Waals surface area (Å²) in [7, 11) is 9.58. The van der Waals surface area contributed by atoms with Gasteiger partial charge in [-0.1, -0.05) is 77.9 Å². The second kappa shape index (κ2) is 18.2. The van der Waals surface area contributed by atoms with E-state index >= 15 is 0 Å². The van der Waals surface area contributed by atoms with Crippen LogP contribution < -0.4 is 20.3 Å². The lowest BCUT2D eigenvalue weighted by Gasteiger charge is -2.62. The Morgan fingerprint density at radius 3 is 2.30 bits per heavy atom. The van der Waals surface area contributed by atoms with Gasteiger partial charge in [0.1, 0.15) is 17.9 Å². The van der Waals surface area contributed by atoms with Crippen molar-refractivity contribution < 1.29 is 29.4 Å². The molecular formula is C49H71N5O6. The van der Waals surface area contributed by atoms with Gasteiger partial charge in [0.2, 0.25) is 5.91 Å². The molecule has 2 amide bonds. The van der Waals surface area contributed by atoms with Crippen LogP contribution in [0, 0.1) is 29.1 Å². The molecule has 0 aromatic heterocycles. The van der Waals surface area contributed by atoms with E-state index in [-0.39, 0.29) is 47.9 Å². The van der Waals surface area contributed by atoms with Gasteiger partial charge in [-0.15, -0.1) is 0 Å². The second-order valence-corrected chi connectivity index (χ2v) is 20.0. The fourth-order valence-electron chi connectivity index (χ4n) is 10.3. The zero-order chi connectivity index (χ0) is 43.8. The van der Waals surface area contributed by atoms with E-state index in [2.05, 4.69) is 87.4 Å². The van der Waals surface area contributed by atoms with Crippen LogP contribution in [0.3, 0.4) is 0 Å². The lowest BCUT2D eigenvalue weighted by molar-refractivity contribution is -0.183. The summed E-state index contributed by atoms with van der Waals surface area (Å²) in [6, 6.07) is 19.4. The number of nitrogens with one attached hydrogen (secondary N) is 2. The van der Waals surface area contributed by atoms with E-state index in [4.69, 9.17) is 9.57 Å². The number of carbonyl (C=O) groups is 2. The van der Waals surface area contributed by atoms with E-state index in [0.29, 0.717) is 42.0 Å². The molecule has 7 rings (SSSR count). The van der Waals surface area contributed by atoms with Crippen molar-refractivity contribution in [1.82, 2.24) is 20.6 Å². The number of amides is 2. The highest BCUT2D eigenvalue weighted by atomic mass is 16.7. The van der Waals surface area contributed by atoms with Crippen molar-refractivity contribution in [2.75, 3.05) is 53.4 Å². The number of benzene rings is 3. The number of hydrogen-bond acceptors (Lipinski definition) is 9. The predicted molar refractivity (Wildman–Crippen MR) is 239 cm³/mol. The van der Waals surface area contributed by atoms with Gasteiger partial charge < -0.3 is 35.4 Å². The maximum Gasteiger partial charge on any atom is 0.251 e. The molecule has 3 saturated carbocycles. The van der Waals surface area contributed by atoms with Crippen molar-refractivity contribution in [3.8, 4) is 16.9 Å². The minimum atomic E-state index is -0.916. The number of likely N-dealkylation sites (N-methyl/N-ethyl adjacent to an activating group) is 1. The van der Waals surface area contributed by atoms with Crippen LogP contribution in [0.5, 0.6) is 5.75 Å². The average Bonchev–Trinajstić information content (AvgIpc) is 3.56. The minimum absolute atomic E-state index is 0.0242. The number of ether oxygens (including phenoxy) is 1. The molecular weight excluding hydrogens is 755 g/mol. The molecule has 60 heavy (non-hydrogen) atoms. The van der Waals surface area contributed by atoms with Crippen LogP contribution in [0.4, 0.5) is 5.69 Å². The fraction of sp³-hybridized carbons (Fsp3) is 0.592. The molecule has 1 aliphatic heterocycles. The minimum Gasteiger partial charge on any atom is -0.496 e. The van der Waals surface area contributed by atoms with E-state index < -0.39 is 24.2 Å². The van der Waals surface area contributed by atoms with Gasteiger partial charge in [0, 0.05) is 61.0 Å². The lowest BCUT2D eigenvalue weighted by Crippen LogP contribution is -2.62. The summed E-state index contributed by atoms with van der Waals surface area (Å²) in [5, 5.41) is 30.0. The normalized spacial score (nSPS) is 25.9. The Labute approximate surface area is 358 Å². The SMILES string of the molecule is COc1c(CN2O[C@@H](CO)[C@@H]([C@H](C)O)[C@H]2C(=O)N[C@H]2C[C@H]3C[C@@H]([C@@H]2C)C3(C)C)cc(C(C)(C)C)cc1-c1cc(C(=O)N[C@@H](Cc2ccccc2)CN(C)C)cc(N(C)C)c1. The van der Waals surface area contributed by atoms with Gasteiger partial charge in [-0.25, -0.2) is 0 Å². The maximum atomic E-state index is 14.5. The number of nitrogens with zero attached hydrogens (tertiary/aromatic N) is 3. The smallest absolute Gasteiger partial charge is 0.251 e. The van der Waals surface area contributed by atoms with Gasteiger partial charge >= 0.3 is 0 Å². The number of hydroxylamine groups is 2. The third kappa shape index (κ3) is 9.55. The molecule has 9 atom stereocenters. The average molecular weight is 826 g/mol. The molecule has 3 aliphatic carbocycles. The third-order valence-corrected chi connectivity index (χ3v) is 13.9. The Hall–Kier alpha value is -4.00. The summed E-state index contributed by atoms with van der Waals surface area (Å²) in [6.45, 7) is 15.5. The summed E-state index contributed by atoms with van der Waals surface area (Å²) in [5.74, 6) is 0.992. The first-order valence-corrected chi connectivity index (χ1v) is 21.8. The van der Waals surface area contributed by atoms with Crippen LogP contribution in [0.1, 0.15) is 88.4 Å². The van der Waals surface area contributed by atoms with Crippen LogP contribution in [0.2, 0.25) is 0 Å². The van der Waals surface area contributed by atoms with Crippen molar-refractivity contribution in [1.29, 1.82) is 0 Å². The summed E-state index contributed by atoms with van der Waals surface area (Å²) >= 11 is 0. The third-order valence-electron chi connectivity index (χ3n) is 13.9. The molecule has 4 fully saturated rings. The Morgan fingerprint density at radius 1 is 1.03 bits per heavy atom. The van der Waals surface area contributed by atoms with Crippen LogP contribution in [0.15, 0.2) is 60.7 Å². The van der Waals surface area contributed by atoms with Gasteiger partial charge in [-0.2, -0.15) is 5.06 Å². The van der Waals surface area contributed by atoms with Crippen LogP contribution in [-0.2, 0) is 28.0 Å². The number of methoxy groups -OCH3 is 1. The highest BCUT2D eigenvalue weighted by molar-refractivity contribution is 5.97. The largest absolute Gasteiger partial charge is 0.496 e. The Bertz CT molecular complexity index is 1980. The van der Waals surface area contributed by atoms with Crippen molar-refractivity contribution in [3.05, 3.63) is 82.9 Å². The zero-order valence-electron chi connectivity index (χ0n) is 38.1. The molecule has 328 valence electrons. The van der Waals surface area contributed by atoms with Crippen molar-refractivity contribution in [2.24, 2.45) is 29.1 Å². The molecule has 1 heterocycles. The summed E-state index contributed by atoms with van der Waals surface area (Å²) in [4.78, 5) is 39.3. The Morgan fingerprint density at radius 2 is 1.73 bits per heavy atom. The standard InChI is InChI=1S/C49H71N5O6/c1-29-40-24-36(49(40,6)7)25-41(29)51-47(58)44-43(30(2)56)42(28-55)60-54(44)26-34-20-35(48(3,4)5)23-39(45(34)59-12)32-19-33(22-38(21-32)53(10)11)46(57)50-37(27-52(8)9)18-31-16-14-13-15-17-31/h13-17,19-23,29-30,36-37,40-44,55-56H,18,24-28H2,1-12H3,(H,50,57)(H,51,58)/t29-,30-,36+,37-,40-,41-,42-,43+,44-/m0/s1. The summed E-state index contributed by atoms with van der Waals surface area (Å²) in [6.07, 6.45) is 1.13. The van der Waals surface area contributed by atoms with E-state index in [0.717, 1.165) is 39.9 Å². The number of rotatable bonds is 15. The van der Waals surface area contributed by atoms with Crippen LogP contribution in [0.25, 0.3) is 11.1 Å². The molecule has 11 heteroatoms. The van der Waals surface area contributed by atoms with Gasteiger partial charge in [0.05, 0.1) is 26.4 Å². The topological polar surface area (TPSA) is 127 Å². The molecule has 4 aliphatic rings. The van der Waals surface area contributed by atoms with E-state index in [1.54, 1.807) is 19.1 Å². The van der Waals surface area contributed by atoms with E-state index in [1.807, 2.05) is 63.4 Å². The van der Waals surface area contributed by atoms with Gasteiger partial charge in [0.15, 0.2) is 0 Å². The summed E-state index contributed by atoms with van der Waals surface area (Å²) in [5.41, 5.74) is 5.96. The quantitative estimate of drug-likeness (QED) is 0.140. The predicted octanol–water partition coefficient (Wildman–Crippen LogP) is 6.29. The van der Waals surface area contributed by atoms with E-state index in [1.165, 1.54) is 6.42 Å². The maximum absolute atomic E-state index is 14.5. The number of aliphatic hydroxyl groups excluding tert-OH is 2. The zero-order valence-corrected chi connectivity index (χ0v) is 38.1. The molecule has 1 saturated heterocycles. The first-order chi connectivity index (χ1) is 28.2.